The van der Waals surface area contributed by atoms with Crippen molar-refractivity contribution < 1.29 is 9.53 Å². The Bertz CT molecular complexity index is 401. The lowest BCUT2D eigenvalue weighted by Crippen LogP contribution is -2.30. The number of carbonyl (C=O) groups is 1. The Kier molecular flexibility index (Phi) is 3.31. The number of ether oxygens (including phenoxy) is 1. The molecule has 84 valence electrons. The van der Waals surface area contributed by atoms with Gasteiger partial charge in [-0.05, 0) is 5.56 Å². The van der Waals surface area contributed by atoms with Gasteiger partial charge in [-0.25, -0.2) is 4.79 Å². The van der Waals surface area contributed by atoms with Crippen LogP contribution in [0.3, 0.4) is 0 Å². The second-order valence-corrected chi connectivity index (χ2v) is 3.62. The van der Waals surface area contributed by atoms with Crippen molar-refractivity contribution in [1.82, 2.24) is 4.90 Å². The lowest BCUT2D eigenvalue weighted by atomic mass is 10.1. The van der Waals surface area contributed by atoms with Crippen molar-refractivity contribution in [1.29, 1.82) is 0 Å². The average Bonchev–Trinajstić information content (AvgIpc) is 2.69. The van der Waals surface area contributed by atoms with E-state index < -0.39 is 0 Å². The van der Waals surface area contributed by atoms with Crippen molar-refractivity contribution in [3.05, 3.63) is 35.9 Å². The van der Waals surface area contributed by atoms with E-state index in [0.717, 1.165) is 11.3 Å². The van der Waals surface area contributed by atoms with Gasteiger partial charge in [-0.15, -0.1) is 0 Å². The predicted molar refractivity (Wildman–Crippen MR) is 61.8 cm³/mol. The van der Waals surface area contributed by atoms with E-state index in [1.54, 1.807) is 12.0 Å². The highest BCUT2D eigenvalue weighted by molar-refractivity contribution is 6.11. The van der Waals surface area contributed by atoms with Gasteiger partial charge in [-0.1, -0.05) is 30.3 Å². The number of methoxy groups -OCH3 is 1. The molecule has 0 saturated carbocycles. The highest BCUT2D eigenvalue weighted by Crippen LogP contribution is 2.11. The summed E-state index contributed by atoms with van der Waals surface area (Å²) in [6.45, 7) is 1.71. The highest BCUT2D eigenvalue weighted by Gasteiger charge is 2.23. The molecule has 1 aromatic rings. The molecule has 4 nitrogen and oxygen atoms in total. The second-order valence-electron chi connectivity index (χ2n) is 3.62. The van der Waals surface area contributed by atoms with Crippen LogP contribution in [0.15, 0.2) is 35.3 Å². The number of hydrogen-bond acceptors (Lipinski definition) is 2. The molecule has 1 heterocycles. The normalized spacial score (nSPS) is 15.4. The Labute approximate surface area is 94.5 Å². The maximum atomic E-state index is 11.5. The van der Waals surface area contributed by atoms with E-state index in [0.29, 0.717) is 19.7 Å². The maximum Gasteiger partial charge on any atom is 0.344 e. The van der Waals surface area contributed by atoms with Crippen LogP contribution in [0.2, 0.25) is 0 Å². The third-order valence-corrected chi connectivity index (χ3v) is 2.51. The zero-order valence-electron chi connectivity index (χ0n) is 9.22. The van der Waals surface area contributed by atoms with Crippen molar-refractivity contribution in [3.63, 3.8) is 0 Å². The van der Waals surface area contributed by atoms with Crippen LogP contribution in [-0.2, 0) is 4.74 Å². The molecule has 1 aromatic carbocycles. The molecule has 2 rings (SSSR count). The monoisotopic (exact) mass is 218 g/mol. The SMILES string of the molecule is COCCN1CC(c2ccccc2)=NC1=O. The summed E-state index contributed by atoms with van der Waals surface area (Å²) >= 11 is 0. The van der Waals surface area contributed by atoms with E-state index in [2.05, 4.69) is 4.99 Å². The van der Waals surface area contributed by atoms with Crippen LogP contribution in [0, 0.1) is 0 Å². The van der Waals surface area contributed by atoms with Gasteiger partial charge < -0.3 is 9.64 Å². The Morgan fingerprint density at radius 3 is 2.81 bits per heavy atom. The number of amides is 2. The molecule has 0 fully saturated rings. The Morgan fingerprint density at radius 1 is 1.38 bits per heavy atom. The van der Waals surface area contributed by atoms with Gasteiger partial charge in [0.2, 0.25) is 0 Å². The van der Waals surface area contributed by atoms with Gasteiger partial charge >= 0.3 is 6.03 Å². The summed E-state index contributed by atoms with van der Waals surface area (Å²) in [5.74, 6) is 0. The molecule has 0 N–H and O–H groups in total. The van der Waals surface area contributed by atoms with Crippen LogP contribution in [0.1, 0.15) is 5.56 Å². The van der Waals surface area contributed by atoms with Gasteiger partial charge in [0.25, 0.3) is 0 Å². The summed E-state index contributed by atoms with van der Waals surface area (Å²) < 4.78 is 4.95. The molecule has 0 saturated heterocycles. The van der Waals surface area contributed by atoms with Crippen LogP contribution >= 0.6 is 0 Å². The number of rotatable bonds is 4. The molecule has 16 heavy (non-hydrogen) atoms. The first-order valence-corrected chi connectivity index (χ1v) is 5.22. The summed E-state index contributed by atoms with van der Waals surface area (Å²) in [5.41, 5.74) is 1.84. The van der Waals surface area contributed by atoms with Crippen molar-refractivity contribution in [3.8, 4) is 0 Å². The lowest BCUT2D eigenvalue weighted by molar-refractivity contribution is 0.163. The van der Waals surface area contributed by atoms with Gasteiger partial charge in [-0.2, -0.15) is 4.99 Å². The Balaban J connectivity index is 2.05. The fraction of sp³-hybridized carbons (Fsp3) is 0.333. The maximum absolute atomic E-state index is 11.5. The molecule has 0 atom stereocenters. The first-order chi connectivity index (χ1) is 7.81. The fourth-order valence-corrected chi connectivity index (χ4v) is 1.63. The molecule has 1 aliphatic heterocycles. The quantitative estimate of drug-likeness (QED) is 0.769. The van der Waals surface area contributed by atoms with Crippen LogP contribution < -0.4 is 0 Å². The standard InChI is InChI=1S/C12H14N2O2/c1-16-8-7-14-9-11(13-12(14)15)10-5-3-2-4-6-10/h2-6H,7-9H2,1H3. The Morgan fingerprint density at radius 2 is 2.12 bits per heavy atom. The van der Waals surface area contributed by atoms with Crippen molar-refractivity contribution in [2.75, 3.05) is 26.8 Å². The molecule has 0 radical (unpaired) electrons. The minimum absolute atomic E-state index is 0.170. The molecular formula is C12H14N2O2. The third kappa shape index (κ3) is 2.28. The fourth-order valence-electron chi connectivity index (χ4n) is 1.63. The lowest BCUT2D eigenvalue weighted by Gasteiger charge is -2.13. The molecule has 0 aliphatic carbocycles. The molecule has 0 unspecified atom stereocenters. The van der Waals surface area contributed by atoms with Crippen LogP contribution in [0.25, 0.3) is 0 Å². The molecule has 0 spiro atoms. The summed E-state index contributed by atoms with van der Waals surface area (Å²) in [6.07, 6.45) is 0. The Hall–Kier alpha value is -1.68. The molecular weight excluding hydrogens is 204 g/mol. The van der Waals surface area contributed by atoms with Gasteiger partial charge in [-0.3, -0.25) is 0 Å². The third-order valence-electron chi connectivity index (χ3n) is 2.51. The number of nitrogens with zero attached hydrogens (tertiary/aromatic N) is 2. The van der Waals surface area contributed by atoms with E-state index in [4.69, 9.17) is 4.74 Å². The molecule has 4 heteroatoms. The molecule has 1 aliphatic rings. The summed E-state index contributed by atoms with van der Waals surface area (Å²) in [5, 5.41) is 0. The zero-order chi connectivity index (χ0) is 11.4. The summed E-state index contributed by atoms with van der Waals surface area (Å²) in [6, 6.07) is 9.60. The average molecular weight is 218 g/mol. The van der Waals surface area contributed by atoms with Crippen molar-refractivity contribution in [2.24, 2.45) is 4.99 Å². The van der Waals surface area contributed by atoms with Gasteiger partial charge in [0.1, 0.15) is 0 Å². The topological polar surface area (TPSA) is 41.9 Å². The molecule has 0 aromatic heterocycles. The zero-order valence-corrected chi connectivity index (χ0v) is 9.22. The van der Waals surface area contributed by atoms with E-state index in [1.807, 2.05) is 30.3 Å². The summed E-state index contributed by atoms with van der Waals surface area (Å²) in [7, 11) is 1.62. The van der Waals surface area contributed by atoms with Crippen molar-refractivity contribution in [2.45, 2.75) is 0 Å². The van der Waals surface area contributed by atoms with E-state index in [-0.39, 0.29) is 6.03 Å². The first kappa shape index (κ1) is 10.8. The number of hydrogen-bond donors (Lipinski definition) is 0. The smallest absolute Gasteiger partial charge is 0.344 e. The van der Waals surface area contributed by atoms with Gasteiger partial charge in [0.05, 0.1) is 18.9 Å². The van der Waals surface area contributed by atoms with Gasteiger partial charge in [0, 0.05) is 13.7 Å². The van der Waals surface area contributed by atoms with Gasteiger partial charge in [0.15, 0.2) is 0 Å². The van der Waals surface area contributed by atoms with E-state index >= 15 is 0 Å². The number of urea groups is 1. The minimum Gasteiger partial charge on any atom is -0.383 e. The highest BCUT2D eigenvalue weighted by atomic mass is 16.5. The predicted octanol–water partition coefficient (Wildman–Crippen LogP) is 1.56. The minimum atomic E-state index is -0.170. The summed E-state index contributed by atoms with van der Waals surface area (Å²) in [4.78, 5) is 17.3. The number of aliphatic imine (C=N–C) groups is 1. The van der Waals surface area contributed by atoms with Crippen LogP contribution in [0.4, 0.5) is 4.79 Å². The second kappa shape index (κ2) is 4.90. The number of carbonyl (C=O) groups excluding carboxylic acids is 1. The largest absolute Gasteiger partial charge is 0.383 e. The van der Waals surface area contributed by atoms with Crippen molar-refractivity contribution >= 4 is 11.7 Å². The molecule has 0 bridgehead atoms. The van der Waals surface area contributed by atoms with Crippen LogP contribution in [-0.4, -0.2) is 43.4 Å². The first-order valence-electron chi connectivity index (χ1n) is 5.22. The van der Waals surface area contributed by atoms with E-state index in [9.17, 15) is 4.79 Å². The number of benzene rings is 1. The molecule has 2 amide bonds. The van der Waals surface area contributed by atoms with Crippen LogP contribution in [0.5, 0.6) is 0 Å². The van der Waals surface area contributed by atoms with E-state index in [1.165, 1.54) is 0 Å².